The van der Waals surface area contributed by atoms with Crippen molar-refractivity contribution in [3.8, 4) is 29.1 Å². The Kier molecular flexibility index (Phi) is 12.8. The normalized spacial score (nSPS) is 16.9. The van der Waals surface area contributed by atoms with Gasteiger partial charge in [-0.15, -0.1) is 0 Å². The fourth-order valence-corrected chi connectivity index (χ4v) is 8.56. The summed E-state index contributed by atoms with van der Waals surface area (Å²) in [4.78, 5) is 33.0. The van der Waals surface area contributed by atoms with E-state index in [4.69, 9.17) is 28.8 Å². The number of carbonyl (C=O) groups is 2. The monoisotopic (exact) mass is 825 g/mol. The van der Waals surface area contributed by atoms with Crippen LogP contribution in [0.2, 0.25) is 0 Å². The van der Waals surface area contributed by atoms with Crippen molar-refractivity contribution >= 4 is 33.3 Å². The SMILES string of the molecule is CCOc1cc(OC)ccc1C1(N2CCN(c3ccnc(C(C)C)c3)CC2)C(=O)N(S(=O)(=O)c2ccc(OC)cc2OC)c2ccc(C#N)cc21.O=C(O)C(F)(F)F. The largest absolute Gasteiger partial charge is 0.497 e. The average Bonchev–Trinajstić information content (AvgIpc) is 3.48. The first kappa shape index (κ1) is 43.1. The minimum Gasteiger partial charge on any atom is -0.497 e. The molecule has 14 nitrogen and oxygen atoms in total. The van der Waals surface area contributed by atoms with E-state index in [1.165, 1.54) is 51.7 Å². The summed E-state index contributed by atoms with van der Waals surface area (Å²) in [5.74, 6) is -1.97. The van der Waals surface area contributed by atoms with E-state index in [1.54, 1.807) is 30.5 Å². The Bertz CT molecular complexity index is 2330. The van der Waals surface area contributed by atoms with E-state index in [0.29, 0.717) is 54.6 Å². The molecule has 2 aliphatic rings. The second-order valence-corrected chi connectivity index (χ2v) is 15.1. The molecule has 2 aliphatic heterocycles. The molecule has 1 aromatic heterocycles. The summed E-state index contributed by atoms with van der Waals surface area (Å²) in [6.45, 7) is 8.11. The van der Waals surface area contributed by atoms with Crippen LogP contribution in [-0.2, 0) is 25.2 Å². The number of fused-ring (bicyclic) bond motifs is 1. The zero-order chi connectivity index (χ0) is 42.6. The van der Waals surface area contributed by atoms with Gasteiger partial charge in [0.05, 0.1) is 45.3 Å². The standard InChI is InChI=1S/C38H41N5O7S.C2HF3O2/c1-7-50-34-22-28(47-4)9-11-30(34)38(42-18-16-41(17-19-42)27-14-15-40-32(21-27)25(2)3)31-20-26(24-39)8-12-33(31)43(37(38)44)51(45,46)36-13-10-29(48-5)23-35(36)49-6;3-2(4,5)1(6)7/h8-15,20-23,25H,7,16-19H2,1-6H3;(H,6,7). The number of sulfonamides is 1. The lowest BCUT2D eigenvalue weighted by molar-refractivity contribution is -0.192. The highest BCUT2D eigenvalue weighted by atomic mass is 32.2. The number of aromatic nitrogens is 1. The number of carbonyl (C=O) groups excluding carboxylic acids is 1. The number of carboxylic acids is 1. The van der Waals surface area contributed by atoms with E-state index in [2.05, 4.69) is 35.9 Å². The smallest absolute Gasteiger partial charge is 0.490 e. The third kappa shape index (κ3) is 8.04. The minimum atomic E-state index is -5.08. The Labute approximate surface area is 334 Å². The van der Waals surface area contributed by atoms with Crippen molar-refractivity contribution in [1.29, 1.82) is 5.26 Å². The summed E-state index contributed by atoms with van der Waals surface area (Å²) in [7, 11) is -0.242. The van der Waals surface area contributed by atoms with Crippen LogP contribution in [0.15, 0.2) is 77.8 Å². The summed E-state index contributed by atoms with van der Waals surface area (Å²) in [6.07, 6.45) is -3.28. The molecule has 4 aromatic rings. The highest BCUT2D eigenvalue weighted by Gasteiger charge is 2.61. The van der Waals surface area contributed by atoms with Crippen molar-refractivity contribution in [3.63, 3.8) is 0 Å². The molecule has 1 saturated heterocycles. The van der Waals surface area contributed by atoms with Gasteiger partial charge < -0.3 is 29.0 Å². The number of rotatable bonds is 11. The van der Waals surface area contributed by atoms with Crippen LogP contribution in [0.25, 0.3) is 0 Å². The lowest BCUT2D eigenvalue weighted by atomic mass is 9.80. The lowest BCUT2D eigenvalue weighted by Crippen LogP contribution is -2.60. The van der Waals surface area contributed by atoms with Crippen LogP contribution < -0.4 is 28.2 Å². The van der Waals surface area contributed by atoms with Gasteiger partial charge in [-0.05, 0) is 67.4 Å². The van der Waals surface area contributed by atoms with Gasteiger partial charge in [-0.1, -0.05) is 13.8 Å². The number of nitrogens with zero attached hydrogens (tertiary/aromatic N) is 5. The van der Waals surface area contributed by atoms with Crippen LogP contribution in [0.1, 0.15) is 49.1 Å². The van der Waals surface area contributed by atoms with Crippen LogP contribution in [0.3, 0.4) is 0 Å². The van der Waals surface area contributed by atoms with Crippen LogP contribution in [-0.4, -0.2) is 95.6 Å². The molecule has 308 valence electrons. The van der Waals surface area contributed by atoms with Crippen LogP contribution >= 0.6 is 0 Å². The molecule has 0 spiro atoms. The van der Waals surface area contributed by atoms with Gasteiger partial charge >= 0.3 is 12.1 Å². The average molecular weight is 826 g/mol. The van der Waals surface area contributed by atoms with E-state index < -0.39 is 33.6 Å². The number of piperazine rings is 1. The number of amides is 1. The number of hydrogen-bond acceptors (Lipinski definition) is 12. The molecule has 58 heavy (non-hydrogen) atoms. The Balaban J connectivity index is 0.000000839. The number of hydrogen-bond donors (Lipinski definition) is 1. The maximum absolute atomic E-state index is 15.6. The highest BCUT2D eigenvalue weighted by molar-refractivity contribution is 7.93. The number of anilines is 2. The number of nitriles is 1. The molecule has 1 N–H and O–H groups in total. The highest BCUT2D eigenvalue weighted by Crippen LogP contribution is 2.54. The first-order chi connectivity index (χ1) is 27.5. The number of alkyl halides is 3. The zero-order valence-corrected chi connectivity index (χ0v) is 33.3. The van der Waals surface area contributed by atoms with Gasteiger partial charge in [0, 0.05) is 67.0 Å². The quantitative estimate of drug-likeness (QED) is 0.189. The number of ether oxygens (including phenoxy) is 4. The van der Waals surface area contributed by atoms with Crippen LogP contribution in [0.5, 0.6) is 23.0 Å². The fraction of sp³-hybridized carbons (Fsp3) is 0.350. The van der Waals surface area contributed by atoms with Gasteiger partial charge in [0.15, 0.2) is 5.54 Å². The molecule has 0 aliphatic carbocycles. The van der Waals surface area contributed by atoms with E-state index >= 15 is 4.79 Å². The molecule has 1 amide bonds. The molecular weight excluding hydrogens is 784 g/mol. The number of benzene rings is 3. The molecule has 3 aromatic carbocycles. The van der Waals surface area contributed by atoms with Crippen LogP contribution in [0.4, 0.5) is 24.5 Å². The Morgan fingerprint density at radius 3 is 2.09 bits per heavy atom. The van der Waals surface area contributed by atoms with Crippen molar-refractivity contribution in [2.75, 3.05) is 63.3 Å². The lowest BCUT2D eigenvalue weighted by Gasteiger charge is -2.46. The first-order valence-corrected chi connectivity index (χ1v) is 19.4. The molecule has 0 saturated carbocycles. The molecule has 6 rings (SSSR count). The van der Waals surface area contributed by atoms with E-state index in [0.717, 1.165) is 15.7 Å². The zero-order valence-electron chi connectivity index (χ0n) is 32.5. The summed E-state index contributed by atoms with van der Waals surface area (Å²) >= 11 is 0. The topological polar surface area (TPSA) is 172 Å². The molecule has 18 heteroatoms. The van der Waals surface area contributed by atoms with Crippen molar-refractivity contribution in [1.82, 2.24) is 9.88 Å². The van der Waals surface area contributed by atoms with Crippen molar-refractivity contribution < 1.29 is 55.2 Å². The third-order valence-corrected chi connectivity index (χ3v) is 11.4. The summed E-state index contributed by atoms with van der Waals surface area (Å²) in [5.41, 5.74) is 1.48. The van der Waals surface area contributed by atoms with Gasteiger partial charge in [-0.3, -0.25) is 14.7 Å². The molecule has 0 radical (unpaired) electrons. The predicted molar refractivity (Wildman–Crippen MR) is 206 cm³/mol. The van der Waals surface area contributed by atoms with E-state index in [-0.39, 0.29) is 34.4 Å². The summed E-state index contributed by atoms with van der Waals surface area (Å²) in [5, 5.41) is 17.2. The Morgan fingerprint density at radius 2 is 1.53 bits per heavy atom. The molecule has 0 bridgehead atoms. The number of methoxy groups -OCH3 is 3. The van der Waals surface area contributed by atoms with Gasteiger partial charge in [-0.25, -0.2) is 17.5 Å². The number of carboxylic acid groups (broad SMARTS) is 1. The Hall–Kier alpha value is -6.06. The summed E-state index contributed by atoms with van der Waals surface area (Å²) in [6, 6.07) is 20.4. The van der Waals surface area contributed by atoms with Crippen molar-refractivity contribution in [2.45, 2.75) is 43.3 Å². The van der Waals surface area contributed by atoms with Crippen LogP contribution in [0, 0.1) is 11.3 Å². The predicted octanol–water partition coefficient (Wildman–Crippen LogP) is 5.94. The molecule has 1 unspecified atom stereocenters. The second kappa shape index (κ2) is 17.2. The first-order valence-electron chi connectivity index (χ1n) is 17.9. The van der Waals surface area contributed by atoms with E-state index in [9.17, 15) is 26.9 Å². The Morgan fingerprint density at radius 1 is 0.914 bits per heavy atom. The third-order valence-electron chi connectivity index (χ3n) is 9.71. The molecular formula is C40H42F3N5O9S. The molecule has 3 heterocycles. The second-order valence-electron chi connectivity index (χ2n) is 13.3. The van der Waals surface area contributed by atoms with Gasteiger partial charge in [0.2, 0.25) is 0 Å². The van der Waals surface area contributed by atoms with E-state index in [1.807, 2.05) is 17.9 Å². The van der Waals surface area contributed by atoms with Gasteiger partial charge in [0.25, 0.3) is 15.9 Å². The number of pyridine rings is 1. The van der Waals surface area contributed by atoms with Gasteiger partial charge in [0.1, 0.15) is 27.9 Å². The molecule has 1 fully saturated rings. The maximum atomic E-state index is 15.6. The number of aliphatic carboxylic acids is 1. The maximum Gasteiger partial charge on any atom is 0.490 e. The number of halogens is 3. The molecule has 1 atom stereocenters. The van der Waals surface area contributed by atoms with Crippen molar-refractivity contribution in [2.24, 2.45) is 0 Å². The summed E-state index contributed by atoms with van der Waals surface area (Å²) < 4.78 is 84.7. The van der Waals surface area contributed by atoms with Crippen molar-refractivity contribution in [3.05, 3.63) is 95.3 Å². The minimum absolute atomic E-state index is 0.0148. The van der Waals surface area contributed by atoms with Gasteiger partial charge in [-0.2, -0.15) is 18.4 Å². The fourth-order valence-electron chi connectivity index (χ4n) is 6.96.